The highest BCUT2D eigenvalue weighted by Gasteiger charge is 2.13. The number of benzene rings is 1. The summed E-state index contributed by atoms with van der Waals surface area (Å²) in [6, 6.07) is 7.96. The normalized spacial score (nSPS) is 11.7. The van der Waals surface area contributed by atoms with Gasteiger partial charge in [0.1, 0.15) is 0 Å². The third-order valence-corrected chi connectivity index (χ3v) is 6.93. The summed E-state index contributed by atoms with van der Waals surface area (Å²) in [6.45, 7) is 10.6. The third-order valence-electron chi connectivity index (χ3n) is 5.60. The Morgan fingerprint density at radius 1 is 0.468 bits per heavy atom. The van der Waals surface area contributed by atoms with Crippen LogP contribution in [0.3, 0.4) is 0 Å². The average molecular weight is 699 g/mol. The van der Waals surface area contributed by atoms with E-state index in [4.69, 9.17) is 56.3 Å². The lowest BCUT2D eigenvalue weighted by Crippen LogP contribution is -2.16. The van der Waals surface area contributed by atoms with Gasteiger partial charge < -0.3 is 52.1 Å². The van der Waals surface area contributed by atoms with Crippen molar-refractivity contribution in [2.24, 2.45) is 0 Å². The summed E-state index contributed by atoms with van der Waals surface area (Å²) >= 11 is 0. The van der Waals surface area contributed by atoms with Crippen LogP contribution in [0.1, 0.15) is 13.3 Å². The maximum absolute atomic E-state index is 12.0. The topological polar surface area (TPSA) is 162 Å². The van der Waals surface area contributed by atoms with Crippen molar-refractivity contribution in [3.63, 3.8) is 0 Å². The monoisotopic (exact) mass is 698 g/mol. The molecule has 0 fully saturated rings. The quantitative estimate of drug-likeness (QED) is 0.0563. The van der Waals surface area contributed by atoms with Gasteiger partial charge in [-0.25, -0.2) is 0 Å². The molecule has 0 N–H and O–H groups in total. The summed E-state index contributed by atoms with van der Waals surface area (Å²) in [5, 5.41) is 0. The summed E-state index contributed by atoms with van der Waals surface area (Å²) in [4.78, 5) is 11.3. The van der Waals surface area contributed by atoms with Crippen molar-refractivity contribution >= 4 is 16.1 Å². The summed E-state index contributed by atoms with van der Waals surface area (Å²) < 4.78 is 87.7. The van der Waals surface area contributed by atoms with Crippen molar-refractivity contribution in [1.29, 1.82) is 0 Å². The molecule has 47 heavy (non-hydrogen) atoms. The van der Waals surface area contributed by atoms with Gasteiger partial charge in [0.15, 0.2) is 0 Å². The molecule has 0 atom stereocenters. The molecule has 0 saturated heterocycles. The molecule has 0 unspecified atom stereocenters. The van der Waals surface area contributed by atoms with Gasteiger partial charge in [-0.05, 0) is 19.1 Å². The van der Waals surface area contributed by atoms with E-state index in [1.165, 1.54) is 12.1 Å². The Morgan fingerprint density at radius 2 is 0.766 bits per heavy atom. The van der Waals surface area contributed by atoms with Crippen LogP contribution in [0, 0.1) is 0 Å². The Morgan fingerprint density at radius 3 is 1.09 bits per heavy atom. The second kappa shape index (κ2) is 32.7. The van der Waals surface area contributed by atoms with E-state index in [1.54, 1.807) is 25.1 Å². The summed E-state index contributed by atoms with van der Waals surface area (Å²) in [5.74, 6) is -0.258. The van der Waals surface area contributed by atoms with E-state index in [9.17, 15) is 13.2 Å². The minimum atomic E-state index is -3.76. The minimum Gasteiger partial charge on any atom is -0.466 e. The lowest BCUT2D eigenvalue weighted by molar-refractivity contribution is -0.144. The molecule has 0 aliphatic carbocycles. The first kappa shape index (κ1) is 43.2. The molecule has 16 heteroatoms. The lowest BCUT2D eigenvalue weighted by atomic mass is 10.4. The van der Waals surface area contributed by atoms with Crippen molar-refractivity contribution in [1.82, 2.24) is 0 Å². The van der Waals surface area contributed by atoms with Gasteiger partial charge in [-0.15, -0.1) is 0 Å². The molecule has 0 radical (unpaired) electrons. The fourth-order valence-corrected chi connectivity index (χ4v) is 4.24. The second-order valence-electron chi connectivity index (χ2n) is 9.27. The van der Waals surface area contributed by atoms with Crippen LogP contribution in [0.5, 0.6) is 0 Å². The molecule has 0 aliphatic rings. The molecule has 0 bridgehead atoms. The van der Waals surface area contributed by atoms with Gasteiger partial charge in [-0.1, -0.05) is 18.2 Å². The van der Waals surface area contributed by atoms with Crippen molar-refractivity contribution in [2.45, 2.75) is 18.2 Å². The Bertz CT molecular complexity index is 921. The number of carbonyl (C=O) groups excluding carboxylic acids is 1. The molecule has 0 saturated carbocycles. The van der Waals surface area contributed by atoms with Crippen molar-refractivity contribution < 1.29 is 69.5 Å². The number of hydrogen-bond acceptors (Lipinski definition) is 15. The highest BCUT2D eigenvalue weighted by atomic mass is 32.2. The molecule has 0 heterocycles. The van der Waals surface area contributed by atoms with Crippen LogP contribution in [-0.4, -0.2) is 160 Å². The molecule has 0 aliphatic heterocycles. The molecule has 0 spiro atoms. The SMILES string of the molecule is CCOC(=O)CCOCCOCCOCCOCCOCCOCCOCCOCCOCCOCCOS(=O)(=O)c1ccccc1. The smallest absolute Gasteiger partial charge is 0.308 e. The molecule has 1 aromatic carbocycles. The van der Waals surface area contributed by atoms with Crippen LogP contribution >= 0.6 is 0 Å². The zero-order chi connectivity index (χ0) is 33.9. The Kier molecular flexibility index (Phi) is 30.1. The van der Waals surface area contributed by atoms with Crippen LogP contribution in [0.4, 0.5) is 0 Å². The van der Waals surface area contributed by atoms with E-state index in [0.29, 0.717) is 132 Å². The van der Waals surface area contributed by atoms with E-state index in [1.807, 2.05) is 0 Å². The van der Waals surface area contributed by atoms with Gasteiger partial charge >= 0.3 is 5.97 Å². The van der Waals surface area contributed by atoms with Crippen molar-refractivity contribution in [2.75, 3.05) is 145 Å². The predicted molar refractivity (Wildman–Crippen MR) is 169 cm³/mol. The molecular weight excluding hydrogens is 644 g/mol. The number of ether oxygens (including phenoxy) is 11. The van der Waals surface area contributed by atoms with E-state index >= 15 is 0 Å². The third kappa shape index (κ3) is 28.9. The number of hydrogen-bond donors (Lipinski definition) is 0. The first-order valence-corrected chi connectivity index (χ1v) is 17.3. The van der Waals surface area contributed by atoms with Gasteiger partial charge in [0, 0.05) is 0 Å². The van der Waals surface area contributed by atoms with Crippen LogP contribution in [0.25, 0.3) is 0 Å². The van der Waals surface area contributed by atoms with Gasteiger partial charge in [0.2, 0.25) is 0 Å². The fraction of sp³-hybridized carbons (Fsp3) is 0.774. The first-order chi connectivity index (χ1) is 23.1. The Hall–Kier alpha value is -1.80. The van der Waals surface area contributed by atoms with Gasteiger partial charge in [0.25, 0.3) is 10.1 Å². The molecule has 1 aromatic rings. The van der Waals surface area contributed by atoms with Crippen molar-refractivity contribution in [3.8, 4) is 0 Å². The highest BCUT2D eigenvalue weighted by molar-refractivity contribution is 7.86. The second-order valence-corrected chi connectivity index (χ2v) is 10.9. The van der Waals surface area contributed by atoms with Crippen LogP contribution < -0.4 is 0 Å². The van der Waals surface area contributed by atoms with Gasteiger partial charge in [-0.2, -0.15) is 8.42 Å². The molecule has 1 rings (SSSR count). The number of carbonyl (C=O) groups is 1. The molecule has 0 aromatic heterocycles. The van der Waals surface area contributed by atoms with E-state index in [0.717, 1.165) is 0 Å². The maximum atomic E-state index is 12.0. The molecule has 15 nitrogen and oxygen atoms in total. The Balaban J connectivity index is 1.67. The zero-order valence-corrected chi connectivity index (χ0v) is 28.5. The number of esters is 1. The maximum Gasteiger partial charge on any atom is 0.308 e. The predicted octanol–water partition coefficient (Wildman–Crippen LogP) is 1.51. The summed E-state index contributed by atoms with van der Waals surface area (Å²) in [6.07, 6.45) is 0.248. The molecular formula is C31H54O15S. The van der Waals surface area contributed by atoms with E-state index < -0.39 is 10.1 Å². The summed E-state index contributed by atoms with van der Waals surface area (Å²) in [5.41, 5.74) is 0. The Labute approximate surface area is 279 Å². The van der Waals surface area contributed by atoms with Crippen LogP contribution in [0.15, 0.2) is 35.2 Å². The largest absolute Gasteiger partial charge is 0.466 e. The standard InChI is InChI=1S/C31H54O15S/c1-2-45-31(32)8-9-35-10-11-36-12-13-37-14-15-38-16-17-39-18-19-40-20-21-41-22-23-42-24-25-43-26-27-44-28-29-46-47(33,34)30-6-4-3-5-7-30/h3-7H,2,8-29H2,1H3. The highest BCUT2D eigenvalue weighted by Crippen LogP contribution is 2.10. The first-order valence-electron chi connectivity index (χ1n) is 15.9. The molecule has 274 valence electrons. The lowest BCUT2D eigenvalue weighted by Gasteiger charge is -2.09. The minimum absolute atomic E-state index is 0.0625. The van der Waals surface area contributed by atoms with E-state index in [-0.39, 0.29) is 30.5 Å². The fourth-order valence-electron chi connectivity index (χ4n) is 3.33. The van der Waals surface area contributed by atoms with Crippen molar-refractivity contribution in [3.05, 3.63) is 30.3 Å². The van der Waals surface area contributed by atoms with Gasteiger partial charge in [-0.3, -0.25) is 8.98 Å². The average Bonchev–Trinajstić information content (AvgIpc) is 3.07. The number of rotatable bonds is 36. The zero-order valence-electron chi connectivity index (χ0n) is 27.7. The van der Waals surface area contributed by atoms with Gasteiger partial charge in [0.05, 0.1) is 157 Å². The summed E-state index contributed by atoms with van der Waals surface area (Å²) in [7, 11) is -3.76. The van der Waals surface area contributed by atoms with E-state index in [2.05, 4.69) is 0 Å². The van der Waals surface area contributed by atoms with Crippen LogP contribution in [-0.2, 0) is 71.2 Å². The van der Waals surface area contributed by atoms with Crippen LogP contribution in [0.2, 0.25) is 0 Å². The molecule has 0 amide bonds.